The lowest BCUT2D eigenvalue weighted by atomic mass is 9.99. The lowest BCUT2D eigenvalue weighted by molar-refractivity contribution is 0.414. The summed E-state index contributed by atoms with van der Waals surface area (Å²) >= 11 is 0. The van der Waals surface area contributed by atoms with E-state index in [1.54, 1.807) is 0 Å². The molecule has 0 aliphatic heterocycles. The van der Waals surface area contributed by atoms with Crippen LogP contribution in [0.4, 0.5) is 0 Å². The summed E-state index contributed by atoms with van der Waals surface area (Å²) in [4.78, 5) is 0. The Morgan fingerprint density at radius 3 is 2.52 bits per heavy atom. The summed E-state index contributed by atoms with van der Waals surface area (Å²) in [5.74, 6) is 0.709. The molecule has 1 rings (SSSR count). The van der Waals surface area contributed by atoms with E-state index in [0.717, 1.165) is 18.7 Å². The summed E-state index contributed by atoms with van der Waals surface area (Å²) in [6.07, 6.45) is 1.00. The van der Waals surface area contributed by atoms with Crippen LogP contribution in [-0.4, -0.2) is 31.7 Å². The Bertz CT molecular complexity index is 537. The average molecular weight is 316 g/mol. The highest BCUT2D eigenvalue weighted by Gasteiger charge is 2.24. The van der Waals surface area contributed by atoms with E-state index in [1.807, 2.05) is 13.8 Å². The smallest absolute Gasteiger partial charge is 0.260 e. The maximum Gasteiger partial charge on any atom is 0.260 e. The highest BCUT2D eigenvalue weighted by Crippen LogP contribution is 2.17. The summed E-state index contributed by atoms with van der Waals surface area (Å²) in [6, 6.07) is 0. The van der Waals surface area contributed by atoms with Crippen LogP contribution in [0.25, 0.3) is 0 Å². The molecule has 0 aliphatic carbocycles. The van der Waals surface area contributed by atoms with E-state index in [-0.39, 0.29) is 10.9 Å². The number of aromatic amines is 1. The molecule has 1 heterocycles. The molecular weight excluding hydrogens is 288 g/mol. The Morgan fingerprint density at radius 1 is 1.29 bits per heavy atom. The number of sulfonamides is 1. The molecule has 3 N–H and O–H groups in total. The Morgan fingerprint density at radius 2 is 1.95 bits per heavy atom. The van der Waals surface area contributed by atoms with Crippen LogP contribution in [0.5, 0.6) is 0 Å². The van der Waals surface area contributed by atoms with Crippen molar-refractivity contribution in [1.29, 1.82) is 0 Å². The molecule has 7 heteroatoms. The van der Waals surface area contributed by atoms with Gasteiger partial charge in [-0.1, -0.05) is 27.7 Å². The second-order valence-electron chi connectivity index (χ2n) is 5.88. The number of hydrogen-bond acceptors (Lipinski definition) is 4. The Labute approximate surface area is 128 Å². The van der Waals surface area contributed by atoms with E-state index in [4.69, 9.17) is 0 Å². The van der Waals surface area contributed by atoms with Gasteiger partial charge in [0.1, 0.15) is 0 Å². The van der Waals surface area contributed by atoms with Gasteiger partial charge in [-0.15, -0.1) is 0 Å². The average Bonchev–Trinajstić information content (AvgIpc) is 2.78. The topological polar surface area (TPSA) is 86.9 Å². The van der Waals surface area contributed by atoms with Crippen molar-refractivity contribution in [3.63, 3.8) is 0 Å². The molecule has 6 nitrogen and oxygen atoms in total. The van der Waals surface area contributed by atoms with Gasteiger partial charge in [-0.2, -0.15) is 5.10 Å². The lowest BCUT2D eigenvalue weighted by Crippen LogP contribution is -2.31. The van der Waals surface area contributed by atoms with Crippen molar-refractivity contribution >= 4 is 10.0 Å². The van der Waals surface area contributed by atoms with Crippen molar-refractivity contribution in [3.8, 4) is 0 Å². The predicted molar refractivity (Wildman–Crippen MR) is 84.5 cm³/mol. The first-order valence-electron chi connectivity index (χ1n) is 7.53. The van der Waals surface area contributed by atoms with Crippen molar-refractivity contribution in [2.75, 3.05) is 13.1 Å². The van der Waals surface area contributed by atoms with Gasteiger partial charge in [0.2, 0.25) is 0 Å². The molecule has 122 valence electrons. The van der Waals surface area contributed by atoms with Crippen LogP contribution in [-0.2, 0) is 16.6 Å². The first-order chi connectivity index (χ1) is 9.79. The second kappa shape index (κ2) is 7.91. The lowest BCUT2D eigenvalue weighted by Gasteiger charge is -2.16. The standard InChI is InChI=1S/C14H28N4O2S/c1-6-7-15-9-13-12(5)17-18-14(13)21(19,20)16-8-11(4)10(2)3/h10-11,15-16H,6-9H2,1-5H3,(H,17,18). The molecule has 21 heavy (non-hydrogen) atoms. The van der Waals surface area contributed by atoms with E-state index < -0.39 is 10.0 Å². The Hall–Kier alpha value is -0.920. The van der Waals surface area contributed by atoms with Crippen molar-refractivity contribution in [3.05, 3.63) is 11.3 Å². The van der Waals surface area contributed by atoms with E-state index in [0.29, 0.717) is 24.6 Å². The molecule has 1 atom stereocenters. The van der Waals surface area contributed by atoms with Gasteiger partial charge in [0, 0.05) is 24.3 Å². The monoisotopic (exact) mass is 316 g/mol. The number of nitrogens with one attached hydrogen (secondary N) is 3. The van der Waals surface area contributed by atoms with Crippen LogP contribution in [0.1, 0.15) is 45.4 Å². The van der Waals surface area contributed by atoms with Crippen molar-refractivity contribution in [2.45, 2.75) is 52.6 Å². The van der Waals surface area contributed by atoms with Crippen LogP contribution in [0.3, 0.4) is 0 Å². The fourth-order valence-electron chi connectivity index (χ4n) is 1.80. The summed E-state index contributed by atoms with van der Waals surface area (Å²) in [5.41, 5.74) is 1.50. The van der Waals surface area contributed by atoms with Gasteiger partial charge in [0.25, 0.3) is 10.0 Å². The number of aryl methyl sites for hydroxylation is 1. The van der Waals surface area contributed by atoms with Gasteiger partial charge in [-0.25, -0.2) is 13.1 Å². The first kappa shape index (κ1) is 18.1. The van der Waals surface area contributed by atoms with Crippen molar-refractivity contribution < 1.29 is 8.42 Å². The maximum atomic E-state index is 12.4. The summed E-state index contributed by atoms with van der Waals surface area (Å²) in [6.45, 7) is 11.9. The molecule has 0 saturated heterocycles. The molecule has 0 amide bonds. The molecule has 1 aromatic rings. The minimum Gasteiger partial charge on any atom is -0.313 e. The first-order valence-corrected chi connectivity index (χ1v) is 9.02. The van der Waals surface area contributed by atoms with Crippen LogP contribution in [0.2, 0.25) is 0 Å². The Balaban J connectivity index is 2.83. The third kappa shape index (κ3) is 5.09. The van der Waals surface area contributed by atoms with Crippen molar-refractivity contribution in [1.82, 2.24) is 20.2 Å². The van der Waals surface area contributed by atoms with Crippen LogP contribution in [0, 0.1) is 18.8 Å². The quantitative estimate of drug-likeness (QED) is 0.606. The largest absolute Gasteiger partial charge is 0.313 e. The summed E-state index contributed by atoms with van der Waals surface area (Å²) < 4.78 is 27.5. The zero-order chi connectivity index (χ0) is 16.0. The number of aromatic nitrogens is 2. The van der Waals surface area contributed by atoms with Crippen LogP contribution >= 0.6 is 0 Å². The fraction of sp³-hybridized carbons (Fsp3) is 0.786. The van der Waals surface area contributed by atoms with Gasteiger partial charge < -0.3 is 5.32 Å². The Kier molecular flexibility index (Phi) is 6.83. The fourth-order valence-corrected chi connectivity index (χ4v) is 3.13. The normalized spacial score (nSPS) is 13.8. The molecule has 0 spiro atoms. The summed E-state index contributed by atoms with van der Waals surface area (Å²) in [7, 11) is -3.57. The molecular formula is C14H28N4O2S. The van der Waals surface area contributed by atoms with Gasteiger partial charge in [0.05, 0.1) is 0 Å². The van der Waals surface area contributed by atoms with E-state index in [1.165, 1.54) is 0 Å². The minimum absolute atomic E-state index is 0.111. The molecule has 0 aromatic carbocycles. The molecule has 0 saturated carbocycles. The van der Waals surface area contributed by atoms with E-state index in [2.05, 4.69) is 41.0 Å². The zero-order valence-electron chi connectivity index (χ0n) is 13.7. The van der Waals surface area contributed by atoms with Crippen molar-refractivity contribution in [2.24, 2.45) is 11.8 Å². The number of H-pyrrole nitrogens is 1. The number of rotatable bonds is 9. The zero-order valence-corrected chi connectivity index (χ0v) is 14.5. The highest BCUT2D eigenvalue weighted by molar-refractivity contribution is 7.89. The molecule has 0 aliphatic rings. The highest BCUT2D eigenvalue weighted by atomic mass is 32.2. The number of hydrogen-bond donors (Lipinski definition) is 3. The van der Waals surface area contributed by atoms with Crippen LogP contribution < -0.4 is 10.0 Å². The third-order valence-electron chi connectivity index (χ3n) is 3.75. The van der Waals surface area contributed by atoms with E-state index in [9.17, 15) is 8.42 Å². The van der Waals surface area contributed by atoms with Crippen LogP contribution in [0.15, 0.2) is 5.03 Å². The molecule has 0 fully saturated rings. The molecule has 0 bridgehead atoms. The van der Waals surface area contributed by atoms with Gasteiger partial charge in [0.15, 0.2) is 5.03 Å². The predicted octanol–water partition coefficient (Wildman–Crippen LogP) is 1.79. The molecule has 1 unspecified atom stereocenters. The maximum absolute atomic E-state index is 12.4. The van der Waals surface area contributed by atoms with Gasteiger partial charge in [-0.05, 0) is 31.7 Å². The minimum atomic E-state index is -3.57. The van der Waals surface area contributed by atoms with Gasteiger partial charge >= 0.3 is 0 Å². The second-order valence-corrected chi connectivity index (χ2v) is 7.56. The molecule has 1 aromatic heterocycles. The van der Waals surface area contributed by atoms with E-state index >= 15 is 0 Å². The summed E-state index contributed by atoms with van der Waals surface area (Å²) in [5, 5.41) is 10.1. The number of nitrogens with zero attached hydrogens (tertiary/aromatic N) is 1. The third-order valence-corrected chi connectivity index (χ3v) is 5.15. The molecule has 0 radical (unpaired) electrons. The van der Waals surface area contributed by atoms with Gasteiger partial charge in [-0.3, -0.25) is 5.10 Å². The SMILES string of the molecule is CCCNCc1c(S(=O)(=O)NCC(C)C(C)C)n[nH]c1C.